The van der Waals surface area contributed by atoms with Gasteiger partial charge in [-0.1, -0.05) is 13.2 Å². The first-order valence-corrected chi connectivity index (χ1v) is 7.72. The molecule has 0 aromatic rings. The Hall–Kier alpha value is 0.220. The minimum Gasteiger partial charge on any atom is -0.361 e. The van der Waals surface area contributed by atoms with Gasteiger partial charge < -0.3 is 9.42 Å². The maximum Gasteiger partial charge on any atom is 0.0665 e. The average Bonchev–Trinajstić information content (AvgIpc) is 2.27. The van der Waals surface area contributed by atoms with E-state index in [-0.39, 0.29) is 0 Å². The molecule has 3 heteroatoms. The first-order valence-electron chi connectivity index (χ1n) is 4.93. The molecule has 0 aromatic heterocycles. The van der Waals surface area contributed by atoms with Crippen molar-refractivity contribution in [2.45, 2.75) is 19.4 Å². The molecule has 1 saturated heterocycles. The summed E-state index contributed by atoms with van der Waals surface area (Å²) in [6.45, 7) is 8.62. The molecule has 0 N–H and O–H groups in total. The van der Waals surface area contributed by atoms with Gasteiger partial charge in [0.2, 0.25) is 0 Å². The summed E-state index contributed by atoms with van der Waals surface area (Å²) in [5.74, 6) is 0.775. The number of hydrogen-bond acceptors (Lipinski definition) is 2. The van der Waals surface area contributed by atoms with Gasteiger partial charge in [0.05, 0.1) is 6.61 Å². The summed E-state index contributed by atoms with van der Waals surface area (Å²) in [6.07, 6.45) is 5.36. The Bertz CT molecular complexity index is 201. The Labute approximate surface area is 82.3 Å². The highest BCUT2D eigenvalue weighted by Gasteiger charge is 2.28. The highest BCUT2D eigenvalue weighted by Crippen LogP contribution is 2.38. The maximum atomic E-state index is 5.81. The number of likely N-dealkylation sites (N-methyl/N-ethyl adjacent to an activating group) is 1. The monoisotopic (exact) mass is 203 g/mol. The molecule has 78 valence electrons. The molecule has 0 saturated carbocycles. The van der Waals surface area contributed by atoms with Gasteiger partial charge in [-0.05, 0) is 46.4 Å². The van der Waals surface area contributed by atoms with E-state index in [1.54, 1.807) is 0 Å². The molecule has 2 nitrogen and oxygen atoms in total. The fourth-order valence-corrected chi connectivity index (χ4v) is 2.33. The van der Waals surface area contributed by atoms with Crippen LogP contribution in [0.1, 0.15) is 13.3 Å². The summed E-state index contributed by atoms with van der Waals surface area (Å²) >= 11 is 0. The number of hydrogen-bond donors (Lipinski definition) is 0. The lowest BCUT2D eigenvalue weighted by molar-refractivity contribution is 0.188. The van der Waals surface area contributed by atoms with Crippen molar-refractivity contribution >= 4 is 13.4 Å². The Balaban J connectivity index is 2.40. The van der Waals surface area contributed by atoms with E-state index in [9.17, 15) is 0 Å². The zero-order valence-corrected chi connectivity index (χ0v) is 10.2. The largest absolute Gasteiger partial charge is 0.361 e. The third-order valence-corrected chi connectivity index (χ3v) is 3.60. The zero-order valence-electron chi connectivity index (χ0n) is 9.29. The molecule has 1 fully saturated rings. The molecule has 1 aliphatic rings. The molecular formula is C10H22NOP. The van der Waals surface area contributed by atoms with E-state index in [1.807, 2.05) is 0 Å². The molecular weight excluding hydrogens is 181 g/mol. The summed E-state index contributed by atoms with van der Waals surface area (Å²) in [7, 11) is 0.889. The van der Waals surface area contributed by atoms with Crippen LogP contribution in [0.4, 0.5) is 0 Å². The van der Waals surface area contributed by atoms with E-state index >= 15 is 0 Å². The van der Waals surface area contributed by atoms with Crippen LogP contribution in [0, 0.1) is 5.92 Å². The van der Waals surface area contributed by atoms with Gasteiger partial charge in [0.1, 0.15) is 0 Å². The molecule has 0 amide bonds. The van der Waals surface area contributed by atoms with Crippen molar-refractivity contribution in [2.24, 2.45) is 5.92 Å². The second kappa shape index (κ2) is 4.16. The second-order valence-electron chi connectivity index (χ2n) is 4.68. The van der Waals surface area contributed by atoms with Crippen LogP contribution in [-0.2, 0) is 4.52 Å². The Morgan fingerprint density at radius 2 is 2.15 bits per heavy atom. The van der Waals surface area contributed by atoms with E-state index in [1.165, 1.54) is 13.0 Å². The molecule has 1 aliphatic heterocycles. The Morgan fingerprint density at radius 1 is 1.54 bits per heavy atom. The second-order valence-corrected chi connectivity index (χ2v) is 8.09. The van der Waals surface area contributed by atoms with Crippen molar-refractivity contribution in [3.63, 3.8) is 0 Å². The molecule has 0 aromatic carbocycles. The van der Waals surface area contributed by atoms with Crippen LogP contribution in [0.3, 0.4) is 0 Å². The van der Waals surface area contributed by atoms with Gasteiger partial charge in [0.25, 0.3) is 0 Å². The number of nitrogens with zero attached hydrogens (tertiary/aromatic N) is 1. The van der Waals surface area contributed by atoms with E-state index in [0.717, 1.165) is 12.5 Å². The van der Waals surface area contributed by atoms with Crippen LogP contribution in [0.5, 0.6) is 0 Å². The van der Waals surface area contributed by atoms with Gasteiger partial charge in [-0.2, -0.15) is 0 Å². The fourth-order valence-electron chi connectivity index (χ4n) is 1.77. The van der Waals surface area contributed by atoms with Crippen LogP contribution in [0.2, 0.25) is 0 Å². The van der Waals surface area contributed by atoms with Crippen molar-refractivity contribution in [1.29, 1.82) is 0 Å². The lowest BCUT2D eigenvalue weighted by Gasteiger charge is -2.25. The van der Waals surface area contributed by atoms with Gasteiger partial charge in [-0.3, -0.25) is 0 Å². The molecule has 13 heavy (non-hydrogen) atoms. The van der Waals surface area contributed by atoms with E-state index < -0.39 is 7.11 Å². The van der Waals surface area contributed by atoms with Gasteiger partial charge >= 0.3 is 0 Å². The Kier molecular flexibility index (Phi) is 3.62. The van der Waals surface area contributed by atoms with Crippen molar-refractivity contribution in [1.82, 2.24) is 4.90 Å². The standard InChI is InChI=1S/C10H22NOP/c1-9-6-7-11(2)10(9)8-12-13(3,4)5/h9-10H,3,6-8H2,1-2,4-5H3. The third kappa shape index (κ3) is 3.46. The van der Waals surface area contributed by atoms with Gasteiger partial charge in [-0.25, -0.2) is 0 Å². The van der Waals surface area contributed by atoms with Crippen LogP contribution in [-0.4, -0.2) is 50.8 Å². The predicted molar refractivity (Wildman–Crippen MR) is 62.0 cm³/mol. The minimum atomic E-state index is -1.30. The SMILES string of the molecule is C=P(C)(C)OCC1C(C)CCN1C. The fraction of sp³-hybridized carbons (Fsp3) is 0.900. The summed E-state index contributed by atoms with van der Waals surface area (Å²) in [6, 6.07) is 0.612. The third-order valence-electron chi connectivity index (χ3n) is 2.75. The maximum absolute atomic E-state index is 5.81. The number of likely N-dealkylation sites (tertiary alicyclic amines) is 1. The van der Waals surface area contributed by atoms with Gasteiger partial charge in [-0.15, -0.1) is 0 Å². The Morgan fingerprint density at radius 3 is 2.54 bits per heavy atom. The van der Waals surface area contributed by atoms with E-state index in [2.05, 4.69) is 38.5 Å². The topological polar surface area (TPSA) is 12.5 Å². The zero-order chi connectivity index (χ0) is 10.1. The minimum absolute atomic E-state index is 0.612. The summed E-state index contributed by atoms with van der Waals surface area (Å²) in [5.41, 5.74) is 0. The average molecular weight is 203 g/mol. The molecule has 0 spiro atoms. The van der Waals surface area contributed by atoms with E-state index in [4.69, 9.17) is 4.52 Å². The van der Waals surface area contributed by atoms with Crippen LogP contribution in [0.25, 0.3) is 0 Å². The van der Waals surface area contributed by atoms with Crippen molar-refractivity contribution in [2.75, 3.05) is 33.5 Å². The summed E-state index contributed by atoms with van der Waals surface area (Å²) in [4.78, 5) is 2.40. The van der Waals surface area contributed by atoms with Crippen LogP contribution in [0.15, 0.2) is 0 Å². The van der Waals surface area contributed by atoms with Crippen molar-refractivity contribution < 1.29 is 4.52 Å². The molecule has 2 unspecified atom stereocenters. The quantitative estimate of drug-likeness (QED) is 0.650. The smallest absolute Gasteiger partial charge is 0.0665 e. The molecule has 2 atom stereocenters. The van der Waals surface area contributed by atoms with Crippen molar-refractivity contribution in [3.05, 3.63) is 0 Å². The van der Waals surface area contributed by atoms with Gasteiger partial charge in [0.15, 0.2) is 0 Å². The highest BCUT2D eigenvalue weighted by atomic mass is 31.2. The first kappa shape index (κ1) is 11.3. The first-order chi connectivity index (χ1) is 5.90. The molecule has 0 radical (unpaired) electrons. The van der Waals surface area contributed by atoms with E-state index in [0.29, 0.717) is 6.04 Å². The summed E-state index contributed by atoms with van der Waals surface area (Å²) in [5, 5.41) is 0. The normalized spacial score (nSPS) is 31.1. The molecule has 1 rings (SSSR count). The molecule has 0 aliphatic carbocycles. The number of rotatable bonds is 3. The predicted octanol–water partition coefficient (Wildman–Crippen LogP) is 1.97. The van der Waals surface area contributed by atoms with Crippen molar-refractivity contribution in [3.8, 4) is 0 Å². The molecule has 0 bridgehead atoms. The van der Waals surface area contributed by atoms with Crippen LogP contribution >= 0.6 is 7.11 Å². The highest BCUT2D eigenvalue weighted by molar-refractivity contribution is 7.67. The summed E-state index contributed by atoms with van der Waals surface area (Å²) < 4.78 is 5.81. The van der Waals surface area contributed by atoms with Gasteiger partial charge in [0, 0.05) is 6.04 Å². The van der Waals surface area contributed by atoms with Crippen LogP contribution < -0.4 is 0 Å². The lowest BCUT2D eigenvalue weighted by atomic mass is 10.0. The lowest BCUT2D eigenvalue weighted by Crippen LogP contribution is -2.32. The molecule has 1 heterocycles.